The van der Waals surface area contributed by atoms with E-state index in [1.165, 1.54) is 24.3 Å². The highest BCUT2D eigenvalue weighted by Crippen LogP contribution is 2.10. The van der Waals surface area contributed by atoms with Gasteiger partial charge in [-0.2, -0.15) is 0 Å². The van der Waals surface area contributed by atoms with Crippen molar-refractivity contribution in [3.63, 3.8) is 0 Å². The summed E-state index contributed by atoms with van der Waals surface area (Å²) in [5.41, 5.74) is 1.02. The summed E-state index contributed by atoms with van der Waals surface area (Å²) in [4.78, 5) is 23.5. The zero-order chi connectivity index (χ0) is 15.5. The first-order chi connectivity index (χ1) is 9.90. The van der Waals surface area contributed by atoms with Gasteiger partial charge in [-0.05, 0) is 19.1 Å². The van der Waals surface area contributed by atoms with Gasteiger partial charge in [0.2, 0.25) is 0 Å². The quantitative estimate of drug-likeness (QED) is 0.688. The van der Waals surface area contributed by atoms with Gasteiger partial charge in [-0.1, -0.05) is 48.0 Å². The van der Waals surface area contributed by atoms with Crippen molar-refractivity contribution >= 4 is 21.7 Å². The first kappa shape index (κ1) is 14.9. The summed E-state index contributed by atoms with van der Waals surface area (Å²) < 4.78 is 25.8. The van der Waals surface area contributed by atoms with E-state index in [0.717, 1.165) is 5.56 Å². The van der Waals surface area contributed by atoms with Crippen molar-refractivity contribution < 1.29 is 18.0 Å². The molecule has 0 aliphatic rings. The minimum atomic E-state index is -4.05. The van der Waals surface area contributed by atoms with Gasteiger partial charge in [0.05, 0.1) is 4.90 Å². The van der Waals surface area contributed by atoms with Crippen LogP contribution < -0.4 is 4.72 Å². The summed E-state index contributed by atoms with van der Waals surface area (Å²) in [5, 5.41) is 0. The molecule has 21 heavy (non-hydrogen) atoms. The van der Waals surface area contributed by atoms with Crippen molar-refractivity contribution in [1.82, 2.24) is 4.72 Å². The van der Waals surface area contributed by atoms with Gasteiger partial charge >= 0.3 is 5.91 Å². The highest BCUT2D eigenvalue weighted by molar-refractivity contribution is 7.90. The number of hydrogen-bond donors (Lipinski definition) is 1. The Labute approximate surface area is 122 Å². The molecule has 0 unspecified atom stereocenters. The Morgan fingerprint density at radius 3 is 2.05 bits per heavy atom. The first-order valence-electron chi connectivity index (χ1n) is 6.13. The van der Waals surface area contributed by atoms with Crippen molar-refractivity contribution in [2.75, 3.05) is 0 Å². The smallest absolute Gasteiger partial charge is 0.283 e. The maximum absolute atomic E-state index is 12.0. The van der Waals surface area contributed by atoms with Crippen LogP contribution in [0.1, 0.15) is 15.9 Å². The Kier molecular flexibility index (Phi) is 4.18. The van der Waals surface area contributed by atoms with E-state index in [9.17, 15) is 18.0 Å². The van der Waals surface area contributed by atoms with Crippen molar-refractivity contribution in [3.8, 4) is 0 Å². The van der Waals surface area contributed by atoms with Crippen LogP contribution in [0, 0.1) is 6.92 Å². The molecule has 0 radical (unpaired) electrons. The molecule has 0 aliphatic heterocycles. The number of carbonyl (C=O) groups excluding carboxylic acids is 2. The van der Waals surface area contributed by atoms with Crippen LogP contribution in [0.4, 0.5) is 0 Å². The van der Waals surface area contributed by atoms with E-state index >= 15 is 0 Å². The fraction of sp³-hybridized carbons (Fsp3) is 0.0667. The molecule has 0 atom stereocenters. The van der Waals surface area contributed by atoms with Crippen molar-refractivity contribution in [3.05, 3.63) is 65.7 Å². The Hall–Kier alpha value is -2.47. The molecular weight excluding hydrogens is 290 g/mol. The van der Waals surface area contributed by atoms with Gasteiger partial charge in [0.1, 0.15) is 0 Å². The van der Waals surface area contributed by atoms with Crippen LogP contribution >= 0.6 is 0 Å². The normalized spacial score (nSPS) is 10.9. The molecule has 2 aromatic rings. The van der Waals surface area contributed by atoms with Gasteiger partial charge in [0.15, 0.2) is 0 Å². The van der Waals surface area contributed by atoms with Crippen molar-refractivity contribution in [2.24, 2.45) is 0 Å². The molecular formula is C15H13NO4S. The first-order valence-corrected chi connectivity index (χ1v) is 7.62. The molecule has 0 heterocycles. The van der Waals surface area contributed by atoms with Gasteiger partial charge in [-0.25, -0.2) is 13.1 Å². The van der Waals surface area contributed by atoms with Crippen molar-refractivity contribution in [1.29, 1.82) is 0 Å². The van der Waals surface area contributed by atoms with E-state index in [1.54, 1.807) is 35.1 Å². The third kappa shape index (κ3) is 3.55. The number of aryl methyl sites for hydroxylation is 1. The third-order valence-corrected chi connectivity index (χ3v) is 4.15. The maximum Gasteiger partial charge on any atom is 0.306 e. The lowest BCUT2D eigenvalue weighted by atomic mass is 10.1. The summed E-state index contributed by atoms with van der Waals surface area (Å²) in [6, 6.07) is 13.7. The van der Waals surface area contributed by atoms with Gasteiger partial charge < -0.3 is 0 Å². The van der Waals surface area contributed by atoms with Gasteiger partial charge in [-0.15, -0.1) is 0 Å². The lowest BCUT2D eigenvalue weighted by Crippen LogP contribution is -2.36. The molecule has 5 nitrogen and oxygen atoms in total. The van der Waals surface area contributed by atoms with E-state index in [0.29, 0.717) is 0 Å². The zero-order valence-corrected chi connectivity index (χ0v) is 12.1. The summed E-state index contributed by atoms with van der Waals surface area (Å²) >= 11 is 0. The second-order valence-corrected chi connectivity index (χ2v) is 6.13. The molecule has 0 fully saturated rings. The van der Waals surface area contributed by atoms with Gasteiger partial charge in [0.25, 0.3) is 15.8 Å². The molecule has 1 N–H and O–H groups in total. The molecule has 0 spiro atoms. The number of nitrogens with one attached hydrogen (secondary N) is 1. The van der Waals surface area contributed by atoms with Gasteiger partial charge in [0, 0.05) is 5.56 Å². The van der Waals surface area contributed by atoms with E-state index in [2.05, 4.69) is 0 Å². The molecule has 0 saturated heterocycles. The number of rotatable bonds is 4. The lowest BCUT2D eigenvalue weighted by Gasteiger charge is -2.06. The van der Waals surface area contributed by atoms with Crippen LogP contribution in [-0.2, 0) is 14.8 Å². The molecule has 0 aliphatic carbocycles. The standard InChI is InChI=1S/C15H13NO4S/c1-11-7-9-13(10-8-11)21(19,20)16-15(18)14(17)12-5-3-2-4-6-12/h2-10H,1H3,(H,16,18). The van der Waals surface area contributed by atoms with Crippen LogP contribution in [-0.4, -0.2) is 20.1 Å². The fourth-order valence-corrected chi connectivity index (χ4v) is 2.61. The zero-order valence-electron chi connectivity index (χ0n) is 11.2. The minimum Gasteiger partial charge on any atom is -0.283 e. The Morgan fingerprint density at radius 1 is 0.905 bits per heavy atom. The fourth-order valence-electron chi connectivity index (χ4n) is 1.67. The highest BCUT2D eigenvalue weighted by Gasteiger charge is 2.23. The van der Waals surface area contributed by atoms with Gasteiger partial charge in [-0.3, -0.25) is 9.59 Å². The van der Waals surface area contributed by atoms with Crippen LogP contribution in [0.5, 0.6) is 0 Å². The molecule has 6 heteroatoms. The van der Waals surface area contributed by atoms with Crippen molar-refractivity contribution in [2.45, 2.75) is 11.8 Å². The SMILES string of the molecule is Cc1ccc(S(=O)(=O)NC(=O)C(=O)c2ccccc2)cc1. The summed E-state index contributed by atoms with van der Waals surface area (Å²) in [6.45, 7) is 1.81. The largest absolute Gasteiger partial charge is 0.306 e. The average Bonchev–Trinajstić information content (AvgIpc) is 2.47. The summed E-state index contributed by atoms with van der Waals surface area (Å²) in [7, 11) is -4.05. The number of sulfonamides is 1. The maximum atomic E-state index is 12.0. The topological polar surface area (TPSA) is 80.3 Å². The summed E-state index contributed by atoms with van der Waals surface area (Å²) in [6.07, 6.45) is 0. The predicted octanol–water partition coefficient (Wildman–Crippen LogP) is 1.68. The van der Waals surface area contributed by atoms with E-state index in [-0.39, 0.29) is 10.5 Å². The minimum absolute atomic E-state index is 0.0673. The number of amides is 1. The Bertz CT molecular complexity index is 765. The summed E-state index contributed by atoms with van der Waals surface area (Å²) in [5.74, 6) is -2.08. The molecule has 2 rings (SSSR count). The Morgan fingerprint density at radius 2 is 1.48 bits per heavy atom. The number of hydrogen-bond acceptors (Lipinski definition) is 4. The second-order valence-electron chi connectivity index (χ2n) is 4.44. The number of benzene rings is 2. The number of carbonyl (C=O) groups is 2. The third-order valence-electron chi connectivity index (χ3n) is 2.80. The van der Waals surface area contributed by atoms with Crippen LogP contribution in [0.3, 0.4) is 0 Å². The Balaban J connectivity index is 2.19. The van der Waals surface area contributed by atoms with E-state index < -0.39 is 21.7 Å². The molecule has 0 saturated carbocycles. The van der Waals surface area contributed by atoms with E-state index in [1.807, 2.05) is 6.92 Å². The number of Topliss-reactive ketones (excluding diaryl/α,β-unsaturated/α-hetero) is 1. The average molecular weight is 303 g/mol. The van der Waals surface area contributed by atoms with Crippen LogP contribution in [0.25, 0.3) is 0 Å². The van der Waals surface area contributed by atoms with E-state index in [4.69, 9.17) is 0 Å². The molecule has 0 aromatic heterocycles. The monoisotopic (exact) mass is 303 g/mol. The second kappa shape index (κ2) is 5.88. The van der Waals surface area contributed by atoms with Crippen LogP contribution in [0.15, 0.2) is 59.5 Å². The molecule has 2 aromatic carbocycles. The predicted molar refractivity (Wildman–Crippen MR) is 77.3 cm³/mol. The number of ketones is 1. The van der Waals surface area contributed by atoms with Crippen LogP contribution in [0.2, 0.25) is 0 Å². The molecule has 108 valence electrons. The lowest BCUT2D eigenvalue weighted by molar-refractivity contribution is -0.115. The molecule has 1 amide bonds. The molecule has 0 bridgehead atoms. The highest BCUT2D eigenvalue weighted by atomic mass is 32.2.